The molecule has 5 rings (SSSR count). The Balaban J connectivity index is 1.48. The summed E-state index contributed by atoms with van der Waals surface area (Å²) in [5.41, 5.74) is 0.973. The van der Waals surface area contributed by atoms with Crippen molar-refractivity contribution in [3.05, 3.63) is 71.5 Å². The summed E-state index contributed by atoms with van der Waals surface area (Å²) in [6.07, 6.45) is 7.03. The van der Waals surface area contributed by atoms with Crippen molar-refractivity contribution >= 4 is 23.7 Å². The Labute approximate surface area is 246 Å². The lowest BCUT2D eigenvalue weighted by atomic mass is 9.82. The highest BCUT2D eigenvalue weighted by molar-refractivity contribution is 6.00. The predicted octanol–water partition coefficient (Wildman–Crippen LogP) is 4.95. The molecule has 9 heteroatoms. The topological polar surface area (TPSA) is 107 Å². The molecular formula is C33H40FN3O5. The van der Waals surface area contributed by atoms with Crippen LogP contribution in [0.25, 0.3) is 0 Å². The molecule has 3 unspecified atom stereocenters. The van der Waals surface area contributed by atoms with Crippen LogP contribution >= 0.6 is 0 Å². The van der Waals surface area contributed by atoms with E-state index in [0.717, 1.165) is 69.4 Å². The van der Waals surface area contributed by atoms with Gasteiger partial charge in [-0.3, -0.25) is 19.2 Å². The highest BCUT2D eigenvalue weighted by atomic mass is 19.1. The highest BCUT2D eigenvalue weighted by Crippen LogP contribution is 2.39. The van der Waals surface area contributed by atoms with Gasteiger partial charge in [-0.15, -0.1) is 0 Å². The maximum absolute atomic E-state index is 14.4. The second-order valence-electron chi connectivity index (χ2n) is 12.0. The van der Waals surface area contributed by atoms with Crippen LogP contribution in [0.3, 0.4) is 0 Å². The van der Waals surface area contributed by atoms with Crippen LogP contribution in [-0.2, 0) is 14.4 Å². The van der Waals surface area contributed by atoms with Crippen molar-refractivity contribution in [2.24, 2.45) is 11.8 Å². The second-order valence-corrected chi connectivity index (χ2v) is 12.0. The molecule has 42 heavy (non-hydrogen) atoms. The average molecular weight is 578 g/mol. The largest absolute Gasteiger partial charge is 0.481 e. The van der Waals surface area contributed by atoms with Gasteiger partial charge >= 0.3 is 5.97 Å². The van der Waals surface area contributed by atoms with E-state index >= 15 is 0 Å². The normalized spacial score (nSPS) is 21.2. The summed E-state index contributed by atoms with van der Waals surface area (Å²) in [6, 6.07) is 14.3. The third-order valence-corrected chi connectivity index (χ3v) is 9.26. The van der Waals surface area contributed by atoms with Crippen LogP contribution in [0.15, 0.2) is 54.6 Å². The highest BCUT2D eigenvalue weighted by Gasteiger charge is 2.47. The van der Waals surface area contributed by atoms with Crippen LogP contribution in [0.2, 0.25) is 0 Å². The van der Waals surface area contributed by atoms with Gasteiger partial charge in [0.05, 0.1) is 12.3 Å². The molecule has 3 amide bonds. The number of nitrogens with zero attached hydrogens (tertiary/aromatic N) is 2. The molecule has 224 valence electrons. The van der Waals surface area contributed by atoms with Gasteiger partial charge in [-0.1, -0.05) is 68.5 Å². The van der Waals surface area contributed by atoms with Crippen LogP contribution in [0.1, 0.15) is 86.0 Å². The first-order valence-electron chi connectivity index (χ1n) is 15.3. The average Bonchev–Trinajstić information content (AvgIpc) is 3.68. The van der Waals surface area contributed by atoms with Gasteiger partial charge in [-0.25, -0.2) is 4.39 Å². The summed E-state index contributed by atoms with van der Waals surface area (Å²) in [6.45, 7) is 0.263. The van der Waals surface area contributed by atoms with Gasteiger partial charge in [-0.05, 0) is 61.3 Å². The quantitative estimate of drug-likeness (QED) is 0.439. The lowest BCUT2D eigenvalue weighted by molar-refractivity contribution is -0.144. The maximum atomic E-state index is 14.4. The maximum Gasteiger partial charge on any atom is 0.305 e. The van der Waals surface area contributed by atoms with Crippen molar-refractivity contribution < 1.29 is 28.7 Å². The van der Waals surface area contributed by atoms with Crippen molar-refractivity contribution in [1.82, 2.24) is 15.1 Å². The van der Waals surface area contributed by atoms with Gasteiger partial charge in [0.1, 0.15) is 5.82 Å². The van der Waals surface area contributed by atoms with Gasteiger partial charge in [-0.2, -0.15) is 0 Å². The number of carboxylic acid groups (broad SMARTS) is 1. The van der Waals surface area contributed by atoms with Gasteiger partial charge in [0.2, 0.25) is 5.91 Å². The minimum absolute atomic E-state index is 0.00674. The molecule has 2 saturated carbocycles. The molecular weight excluding hydrogens is 537 g/mol. The van der Waals surface area contributed by atoms with Gasteiger partial charge in [0.25, 0.3) is 11.8 Å². The number of halogens is 1. The standard InChI is InChI=1S/C33H40FN3O5/c34-26-17-9-16-25(20-26)32(41)36-18-19-37(33(42)29(24-14-7-8-15-24)23-12-5-2-6-13-23)31(36)30(40)35-27(21-28(38)39)22-10-3-1-4-11-22/h2,5-6,9,12-13,16-17,20,22,24,27,29,31H,1,3-4,7-8,10-11,14-15,18-19,21H2,(H,35,40)(H,38,39). The van der Waals surface area contributed by atoms with E-state index in [0.29, 0.717) is 0 Å². The molecule has 0 bridgehead atoms. The van der Waals surface area contributed by atoms with Crippen molar-refractivity contribution in [1.29, 1.82) is 0 Å². The smallest absolute Gasteiger partial charge is 0.305 e. The van der Waals surface area contributed by atoms with E-state index in [1.807, 2.05) is 30.3 Å². The molecule has 2 aromatic carbocycles. The van der Waals surface area contributed by atoms with Crippen LogP contribution < -0.4 is 5.32 Å². The van der Waals surface area contributed by atoms with Gasteiger partial charge in [0, 0.05) is 24.7 Å². The van der Waals surface area contributed by atoms with E-state index < -0.39 is 41.7 Å². The molecule has 1 aliphatic heterocycles. The number of nitrogens with one attached hydrogen (secondary N) is 1. The minimum Gasteiger partial charge on any atom is -0.481 e. The van der Waals surface area contributed by atoms with E-state index in [9.17, 15) is 28.7 Å². The third kappa shape index (κ3) is 6.66. The van der Waals surface area contributed by atoms with Crippen LogP contribution in [0.5, 0.6) is 0 Å². The molecule has 3 atom stereocenters. The molecule has 0 aromatic heterocycles. The lowest BCUT2D eigenvalue weighted by Gasteiger charge is -2.36. The molecule has 2 aliphatic carbocycles. The Morgan fingerprint density at radius 2 is 1.48 bits per heavy atom. The minimum atomic E-state index is -1.26. The molecule has 0 radical (unpaired) electrons. The van der Waals surface area contributed by atoms with E-state index in [1.165, 1.54) is 28.0 Å². The van der Waals surface area contributed by atoms with E-state index in [4.69, 9.17) is 0 Å². The molecule has 0 spiro atoms. The summed E-state index contributed by atoms with van der Waals surface area (Å²) in [5, 5.41) is 12.6. The lowest BCUT2D eigenvalue weighted by Crippen LogP contribution is -2.57. The zero-order valence-electron chi connectivity index (χ0n) is 23.9. The number of benzene rings is 2. The van der Waals surface area contributed by atoms with Crippen LogP contribution in [-0.4, -0.2) is 63.9 Å². The van der Waals surface area contributed by atoms with Crippen molar-refractivity contribution in [3.8, 4) is 0 Å². The Kier molecular flexibility index (Phi) is 9.55. The van der Waals surface area contributed by atoms with Crippen molar-refractivity contribution in [2.45, 2.75) is 82.3 Å². The first-order valence-corrected chi connectivity index (χ1v) is 15.3. The zero-order chi connectivity index (χ0) is 29.6. The monoisotopic (exact) mass is 577 g/mol. The fraction of sp³-hybridized carbons (Fsp3) is 0.515. The SMILES string of the molecule is O=C(O)CC(NC(=O)C1N(C(=O)c2cccc(F)c2)CCN1C(=O)C(c1ccccc1)C1CCCC1)C1CCCCC1. The number of carbonyl (C=O) groups is 4. The third-order valence-electron chi connectivity index (χ3n) is 9.26. The number of carboxylic acids is 1. The molecule has 1 heterocycles. The van der Waals surface area contributed by atoms with Gasteiger partial charge < -0.3 is 20.2 Å². The number of carbonyl (C=O) groups excluding carboxylic acids is 3. The van der Waals surface area contributed by atoms with Gasteiger partial charge in [0.15, 0.2) is 6.17 Å². The van der Waals surface area contributed by atoms with Crippen LogP contribution in [0, 0.1) is 17.7 Å². The van der Waals surface area contributed by atoms with Crippen molar-refractivity contribution in [3.63, 3.8) is 0 Å². The number of hydrogen-bond acceptors (Lipinski definition) is 4. The molecule has 2 N–H and O–H groups in total. The molecule has 8 nitrogen and oxygen atoms in total. The number of aliphatic carboxylic acids is 1. The molecule has 1 saturated heterocycles. The predicted molar refractivity (Wildman–Crippen MR) is 155 cm³/mol. The van der Waals surface area contributed by atoms with E-state index in [1.54, 1.807) is 0 Å². The number of hydrogen-bond donors (Lipinski definition) is 2. The summed E-state index contributed by atoms with van der Waals surface area (Å²) >= 11 is 0. The summed E-state index contributed by atoms with van der Waals surface area (Å²) in [4.78, 5) is 56.9. The first-order chi connectivity index (χ1) is 20.3. The number of amides is 3. The molecule has 3 aliphatic rings. The van der Waals surface area contributed by atoms with E-state index in [2.05, 4.69) is 5.32 Å². The number of rotatable bonds is 9. The summed E-state index contributed by atoms with van der Waals surface area (Å²) in [7, 11) is 0. The fourth-order valence-electron chi connectivity index (χ4n) is 7.21. The fourth-order valence-corrected chi connectivity index (χ4v) is 7.21. The second kappa shape index (κ2) is 13.5. The Hall–Kier alpha value is -3.75. The zero-order valence-corrected chi connectivity index (χ0v) is 23.9. The molecule has 3 fully saturated rings. The first kappa shape index (κ1) is 29.7. The Morgan fingerprint density at radius 3 is 2.14 bits per heavy atom. The molecule has 2 aromatic rings. The van der Waals surface area contributed by atoms with Crippen molar-refractivity contribution in [2.75, 3.05) is 13.1 Å². The summed E-state index contributed by atoms with van der Waals surface area (Å²) in [5.74, 6) is -3.24. The Bertz CT molecular complexity index is 1280. The van der Waals surface area contributed by atoms with Crippen LogP contribution in [0.4, 0.5) is 4.39 Å². The Morgan fingerprint density at radius 1 is 0.833 bits per heavy atom. The van der Waals surface area contributed by atoms with E-state index in [-0.39, 0.29) is 42.8 Å². The summed E-state index contributed by atoms with van der Waals surface area (Å²) < 4.78 is 14.1.